The van der Waals surface area contributed by atoms with Crippen molar-refractivity contribution >= 4 is 25.5 Å². The first-order valence-electron chi connectivity index (χ1n) is 5.79. The molecule has 0 aromatic heterocycles. The van der Waals surface area contributed by atoms with Crippen LogP contribution in [0.15, 0.2) is 17.0 Å². The quantitative estimate of drug-likeness (QED) is 0.649. The van der Waals surface area contributed by atoms with Gasteiger partial charge in [-0.3, -0.25) is 0 Å². The monoisotopic (exact) mass is 338 g/mol. The fraction of sp³-hybridized carbons (Fsp3) is 0.455. The summed E-state index contributed by atoms with van der Waals surface area (Å²) in [5.41, 5.74) is 5.81. The molecule has 0 saturated carbocycles. The molecule has 0 fully saturated rings. The first kappa shape index (κ1) is 17.5. The fourth-order valence-electron chi connectivity index (χ4n) is 1.54. The van der Waals surface area contributed by atoms with Gasteiger partial charge >= 0.3 is 0 Å². The third kappa shape index (κ3) is 4.76. The molecule has 0 unspecified atom stereocenters. The second-order valence-corrected chi connectivity index (χ2v) is 8.27. The number of rotatable bonds is 7. The smallest absolute Gasteiger partial charge is 0.244 e. The van der Waals surface area contributed by atoms with Gasteiger partial charge in [0.1, 0.15) is 26.2 Å². The Hall–Kier alpha value is -1.52. The van der Waals surface area contributed by atoms with Crippen molar-refractivity contribution in [3.05, 3.63) is 12.1 Å². The third-order valence-corrected chi connectivity index (χ3v) is 5.00. The van der Waals surface area contributed by atoms with E-state index in [1.165, 1.54) is 26.4 Å². The molecule has 3 N–H and O–H groups in total. The van der Waals surface area contributed by atoms with Gasteiger partial charge in [-0.15, -0.1) is 0 Å². The number of benzene rings is 1. The SMILES string of the molecule is COc1cc(OC)c(S(=O)(=O)NCCS(C)(=O)=O)cc1N. The molecule has 0 heterocycles. The minimum absolute atomic E-state index is 0.0490. The summed E-state index contributed by atoms with van der Waals surface area (Å²) in [4.78, 5) is -0.184. The Bertz CT molecular complexity index is 712. The Labute approximate surface area is 124 Å². The molecule has 0 bridgehead atoms. The molecule has 0 saturated heterocycles. The number of methoxy groups -OCH3 is 2. The van der Waals surface area contributed by atoms with Crippen molar-refractivity contribution in [2.45, 2.75) is 4.90 Å². The fourth-order valence-corrected chi connectivity index (χ4v) is 3.36. The van der Waals surface area contributed by atoms with E-state index in [9.17, 15) is 16.8 Å². The van der Waals surface area contributed by atoms with E-state index in [1.807, 2.05) is 0 Å². The van der Waals surface area contributed by atoms with Crippen LogP contribution in [0.4, 0.5) is 5.69 Å². The molecular formula is C11H18N2O6S2. The average Bonchev–Trinajstić information content (AvgIpc) is 2.36. The lowest BCUT2D eigenvalue weighted by Crippen LogP contribution is -2.29. The molecule has 0 aliphatic heterocycles. The number of hydrogen-bond acceptors (Lipinski definition) is 7. The highest BCUT2D eigenvalue weighted by atomic mass is 32.2. The Morgan fingerprint density at radius 2 is 1.67 bits per heavy atom. The van der Waals surface area contributed by atoms with Gasteiger partial charge in [0.05, 0.1) is 25.7 Å². The van der Waals surface area contributed by atoms with Crippen LogP contribution in [-0.4, -0.2) is 49.6 Å². The van der Waals surface area contributed by atoms with Gasteiger partial charge in [0.25, 0.3) is 0 Å². The van der Waals surface area contributed by atoms with Crippen LogP contribution in [0.1, 0.15) is 0 Å². The van der Waals surface area contributed by atoms with E-state index < -0.39 is 19.9 Å². The highest BCUT2D eigenvalue weighted by Gasteiger charge is 2.22. The molecule has 1 aromatic rings. The van der Waals surface area contributed by atoms with E-state index in [0.29, 0.717) is 0 Å². The molecule has 0 spiro atoms. The van der Waals surface area contributed by atoms with Gasteiger partial charge in [-0.25, -0.2) is 21.6 Å². The second-order valence-electron chi connectivity index (χ2n) is 4.27. The molecule has 0 aliphatic rings. The van der Waals surface area contributed by atoms with Gasteiger partial charge in [-0.1, -0.05) is 0 Å². The van der Waals surface area contributed by atoms with Crippen LogP contribution in [0.25, 0.3) is 0 Å². The zero-order valence-corrected chi connectivity index (χ0v) is 13.5. The molecule has 120 valence electrons. The molecule has 0 aliphatic carbocycles. The minimum atomic E-state index is -3.95. The number of sulfone groups is 1. The van der Waals surface area contributed by atoms with Crippen LogP contribution in [0, 0.1) is 0 Å². The van der Waals surface area contributed by atoms with Crippen molar-refractivity contribution < 1.29 is 26.3 Å². The predicted molar refractivity (Wildman–Crippen MR) is 78.9 cm³/mol. The maximum Gasteiger partial charge on any atom is 0.244 e. The average molecular weight is 338 g/mol. The number of nitrogen functional groups attached to an aromatic ring is 1. The first-order chi connectivity index (χ1) is 9.60. The van der Waals surface area contributed by atoms with E-state index in [4.69, 9.17) is 15.2 Å². The van der Waals surface area contributed by atoms with Gasteiger partial charge in [0.15, 0.2) is 0 Å². The van der Waals surface area contributed by atoms with E-state index in [0.717, 1.165) is 6.26 Å². The van der Waals surface area contributed by atoms with Crippen LogP contribution in [-0.2, 0) is 19.9 Å². The van der Waals surface area contributed by atoms with Crippen molar-refractivity contribution in [3.8, 4) is 11.5 Å². The Morgan fingerprint density at radius 1 is 1.10 bits per heavy atom. The van der Waals surface area contributed by atoms with E-state index >= 15 is 0 Å². The lowest BCUT2D eigenvalue weighted by molar-refractivity contribution is 0.387. The van der Waals surface area contributed by atoms with Crippen LogP contribution < -0.4 is 19.9 Å². The first-order valence-corrected chi connectivity index (χ1v) is 9.34. The van der Waals surface area contributed by atoms with Crippen molar-refractivity contribution in [1.29, 1.82) is 0 Å². The zero-order valence-electron chi connectivity index (χ0n) is 11.9. The highest BCUT2D eigenvalue weighted by molar-refractivity contribution is 7.91. The number of hydrogen-bond donors (Lipinski definition) is 2. The second kappa shape index (κ2) is 6.50. The summed E-state index contributed by atoms with van der Waals surface area (Å²) < 4.78 is 58.5. The van der Waals surface area contributed by atoms with Gasteiger partial charge < -0.3 is 15.2 Å². The largest absolute Gasteiger partial charge is 0.495 e. The normalized spacial score (nSPS) is 12.1. The van der Waals surface area contributed by atoms with Crippen molar-refractivity contribution in [2.75, 3.05) is 38.5 Å². The Balaban J connectivity index is 3.10. The molecule has 0 atom stereocenters. The van der Waals surface area contributed by atoms with E-state index in [2.05, 4.69) is 4.72 Å². The minimum Gasteiger partial charge on any atom is -0.495 e. The molecule has 21 heavy (non-hydrogen) atoms. The lowest BCUT2D eigenvalue weighted by Gasteiger charge is -2.13. The van der Waals surface area contributed by atoms with Crippen molar-refractivity contribution in [1.82, 2.24) is 4.72 Å². The van der Waals surface area contributed by atoms with Gasteiger partial charge in [0, 0.05) is 18.9 Å². The number of ether oxygens (including phenoxy) is 2. The van der Waals surface area contributed by atoms with Crippen LogP contribution >= 0.6 is 0 Å². The predicted octanol–water partition coefficient (Wildman–Crippen LogP) is -0.391. The molecule has 0 radical (unpaired) electrons. The number of nitrogens with one attached hydrogen (secondary N) is 1. The maximum atomic E-state index is 12.2. The van der Waals surface area contributed by atoms with Crippen molar-refractivity contribution in [2.24, 2.45) is 0 Å². The molecule has 10 heteroatoms. The number of nitrogens with two attached hydrogens (primary N) is 1. The summed E-state index contributed by atoms with van der Waals surface area (Å²) in [6.45, 7) is -0.240. The number of anilines is 1. The number of sulfonamides is 1. The summed E-state index contributed by atoms with van der Waals surface area (Å²) in [7, 11) is -4.52. The molecule has 0 amide bonds. The Morgan fingerprint density at radius 3 is 2.14 bits per heavy atom. The molecule has 8 nitrogen and oxygen atoms in total. The summed E-state index contributed by atoms with van der Waals surface area (Å²) in [6.07, 6.45) is 1.02. The zero-order chi connectivity index (χ0) is 16.3. The molecule has 1 aromatic carbocycles. The summed E-state index contributed by atoms with van der Waals surface area (Å²) in [5.74, 6) is 0.0232. The van der Waals surface area contributed by atoms with E-state index in [1.54, 1.807) is 0 Å². The van der Waals surface area contributed by atoms with Crippen LogP contribution in [0.2, 0.25) is 0 Å². The van der Waals surface area contributed by atoms with E-state index in [-0.39, 0.29) is 34.4 Å². The van der Waals surface area contributed by atoms with Crippen LogP contribution in [0.3, 0.4) is 0 Å². The highest BCUT2D eigenvalue weighted by Crippen LogP contribution is 2.33. The topological polar surface area (TPSA) is 125 Å². The van der Waals surface area contributed by atoms with Crippen molar-refractivity contribution in [3.63, 3.8) is 0 Å². The third-order valence-electron chi connectivity index (χ3n) is 2.57. The van der Waals surface area contributed by atoms with Gasteiger partial charge in [0.2, 0.25) is 10.0 Å². The Kier molecular flexibility index (Phi) is 5.42. The lowest BCUT2D eigenvalue weighted by atomic mass is 10.3. The maximum absolute atomic E-state index is 12.2. The molecule has 1 rings (SSSR count). The van der Waals surface area contributed by atoms with Gasteiger partial charge in [-0.05, 0) is 6.07 Å². The summed E-state index contributed by atoms with van der Waals surface area (Å²) in [5, 5.41) is 0. The summed E-state index contributed by atoms with van der Waals surface area (Å²) in [6, 6.07) is 2.54. The summed E-state index contributed by atoms with van der Waals surface area (Å²) >= 11 is 0. The molecular weight excluding hydrogens is 320 g/mol. The van der Waals surface area contributed by atoms with Gasteiger partial charge in [-0.2, -0.15) is 0 Å². The van der Waals surface area contributed by atoms with Crippen LogP contribution in [0.5, 0.6) is 11.5 Å². The standard InChI is InChI=1S/C11H18N2O6S2/c1-18-9-7-10(19-2)11(6-8(9)12)21(16,17)13-4-5-20(3,14)15/h6-7,13H,4-5,12H2,1-3H3.